The highest BCUT2D eigenvalue weighted by Gasteiger charge is 2.24. The fraction of sp³-hybridized carbons (Fsp3) is 0.0732. The summed E-state index contributed by atoms with van der Waals surface area (Å²) < 4.78 is 2.66. The van der Waals surface area contributed by atoms with Crippen LogP contribution in [0.4, 0.5) is 17.1 Å². The fourth-order valence-corrected chi connectivity index (χ4v) is 7.83. The number of fused-ring (bicyclic) bond motifs is 7. The molecule has 1 aromatic heterocycles. The number of thiophene rings is 1. The van der Waals surface area contributed by atoms with Gasteiger partial charge in [0, 0.05) is 48.0 Å². The van der Waals surface area contributed by atoms with Crippen LogP contribution in [-0.4, -0.2) is 0 Å². The molecule has 0 bridgehead atoms. The van der Waals surface area contributed by atoms with Crippen LogP contribution in [0.25, 0.3) is 41.7 Å². The minimum atomic E-state index is -0.126. The van der Waals surface area contributed by atoms with Crippen LogP contribution < -0.4 is 4.90 Å². The van der Waals surface area contributed by atoms with Crippen molar-refractivity contribution in [3.63, 3.8) is 0 Å². The molecule has 0 N–H and O–H groups in total. The lowest BCUT2D eigenvalue weighted by Gasteiger charge is -2.30. The van der Waals surface area contributed by atoms with E-state index >= 15 is 0 Å². The SMILES string of the molecule is CC(C)(c1ccccc1)c1cccc(N(c2ccccc2)c2ccc3c(c2)sc2c3ccc3ccc4ccccc4c32)c1. The molecule has 0 amide bonds. The second-order valence-corrected chi connectivity index (χ2v) is 12.9. The molecule has 0 aliphatic heterocycles. The first-order chi connectivity index (χ1) is 21.1. The Morgan fingerprint density at radius 2 is 1.09 bits per heavy atom. The van der Waals surface area contributed by atoms with Gasteiger partial charge >= 0.3 is 0 Å². The summed E-state index contributed by atoms with van der Waals surface area (Å²) >= 11 is 1.91. The minimum Gasteiger partial charge on any atom is -0.310 e. The van der Waals surface area contributed by atoms with E-state index in [0.717, 1.165) is 17.1 Å². The van der Waals surface area contributed by atoms with Crippen molar-refractivity contribution in [3.05, 3.63) is 163 Å². The van der Waals surface area contributed by atoms with Crippen molar-refractivity contribution in [2.45, 2.75) is 19.3 Å². The summed E-state index contributed by atoms with van der Waals surface area (Å²) in [7, 11) is 0. The van der Waals surface area contributed by atoms with Crippen LogP contribution >= 0.6 is 11.3 Å². The molecule has 0 aliphatic carbocycles. The Bertz CT molecular complexity index is 2260. The molecule has 2 heteroatoms. The molecule has 0 spiro atoms. The minimum absolute atomic E-state index is 0.126. The summed E-state index contributed by atoms with van der Waals surface area (Å²) in [5.74, 6) is 0. The average molecular weight is 570 g/mol. The van der Waals surface area contributed by atoms with Gasteiger partial charge < -0.3 is 4.90 Å². The molecule has 1 heterocycles. The molecule has 0 unspecified atom stereocenters. The van der Waals surface area contributed by atoms with E-state index in [2.05, 4.69) is 170 Å². The van der Waals surface area contributed by atoms with Crippen molar-refractivity contribution in [2.24, 2.45) is 0 Å². The Labute approximate surface area is 256 Å². The molecule has 0 aliphatic rings. The number of rotatable bonds is 5. The van der Waals surface area contributed by atoms with Crippen molar-refractivity contribution in [1.29, 1.82) is 0 Å². The topological polar surface area (TPSA) is 3.24 Å². The summed E-state index contributed by atoms with van der Waals surface area (Å²) in [6.45, 7) is 4.62. The van der Waals surface area contributed by atoms with Crippen LogP contribution in [0, 0.1) is 0 Å². The quantitative estimate of drug-likeness (QED) is 0.186. The molecular formula is C41H31NS. The molecular weight excluding hydrogens is 539 g/mol. The molecule has 7 aromatic carbocycles. The first-order valence-corrected chi connectivity index (χ1v) is 15.7. The molecule has 0 fully saturated rings. The van der Waals surface area contributed by atoms with Crippen LogP contribution in [0.15, 0.2) is 152 Å². The van der Waals surface area contributed by atoms with Crippen molar-refractivity contribution < 1.29 is 0 Å². The van der Waals surface area contributed by atoms with Crippen LogP contribution in [0.2, 0.25) is 0 Å². The maximum atomic E-state index is 2.39. The predicted molar refractivity (Wildman–Crippen MR) is 188 cm³/mol. The maximum Gasteiger partial charge on any atom is 0.0476 e. The third-order valence-electron chi connectivity index (χ3n) is 8.92. The van der Waals surface area contributed by atoms with E-state index in [1.165, 1.54) is 52.8 Å². The van der Waals surface area contributed by atoms with Gasteiger partial charge in [0.2, 0.25) is 0 Å². The first-order valence-electron chi connectivity index (χ1n) is 14.9. The Balaban J connectivity index is 1.31. The van der Waals surface area contributed by atoms with Crippen LogP contribution in [-0.2, 0) is 5.41 Å². The second-order valence-electron chi connectivity index (χ2n) is 11.8. The van der Waals surface area contributed by atoms with Gasteiger partial charge in [-0.3, -0.25) is 0 Å². The summed E-state index contributed by atoms with van der Waals surface area (Å²) in [5.41, 5.74) is 5.94. The molecule has 1 nitrogen and oxygen atoms in total. The van der Waals surface area contributed by atoms with Crippen LogP contribution in [0.3, 0.4) is 0 Å². The lowest BCUT2D eigenvalue weighted by atomic mass is 9.78. The summed E-state index contributed by atoms with van der Waals surface area (Å²) in [6.07, 6.45) is 0. The third kappa shape index (κ3) is 4.29. The zero-order valence-electron chi connectivity index (χ0n) is 24.3. The number of benzene rings is 7. The van der Waals surface area contributed by atoms with Gasteiger partial charge in [-0.15, -0.1) is 11.3 Å². The van der Waals surface area contributed by atoms with Gasteiger partial charge in [0.05, 0.1) is 0 Å². The zero-order chi connectivity index (χ0) is 29.0. The van der Waals surface area contributed by atoms with E-state index in [0.29, 0.717) is 0 Å². The number of para-hydroxylation sites is 1. The van der Waals surface area contributed by atoms with Crippen molar-refractivity contribution in [3.8, 4) is 0 Å². The number of anilines is 3. The monoisotopic (exact) mass is 569 g/mol. The Kier molecular flexibility index (Phi) is 6.06. The zero-order valence-corrected chi connectivity index (χ0v) is 25.1. The van der Waals surface area contributed by atoms with Gasteiger partial charge in [-0.1, -0.05) is 129 Å². The van der Waals surface area contributed by atoms with Gasteiger partial charge in [-0.2, -0.15) is 0 Å². The van der Waals surface area contributed by atoms with Crippen molar-refractivity contribution in [2.75, 3.05) is 4.90 Å². The Morgan fingerprint density at radius 3 is 1.93 bits per heavy atom. The van der Waals surface area contributed by atoms with Gasteiger partial charge in [0.15, 0.2) is 0 Å². The number of hydrogen-bond acceptors (Lipinski definition) is 2. The largest absolute Gasteiger partial charge is 0.310 e. The third-order valence-corrected chi connectivity index (χ3v) is 10.1. The molecule has 8 aromatic rings. The van der Waals surface area contributed by atoms with Gasteiger partial charge in [0.25, 0.3) is 0 Å². The highest BCUT2D eigenvalue weighted by atomic mass is 32.1. The predicted octanol–water partition coefficient (Wildman–Crippen LogP) is 12.2. The van der Waals surface area contributed by atoms with E-state index < -0.39 is 0 Å². The number of hydrogen-bond donors (Lipinski definition) is 0. The molecule has 0 saturated carbocycles. The summed E-state index contributed by atoms with van der Waals surface area (Å²) in [5, 5.41) is 7.89. The summed E-state index contributed by atoms with van der Waals surface area (Å²) in [6, 6.07) is 55.3. The maximum absolute atomic E-state index is 2.39. The lowest BCUT2D eigenvalue weighted by molar-refractivity contribution is 0.641. The molecule has 0 radical (unpaired) electrons. The van der Waals surface area contributed by atoms with Gasteiger partial charge in [-0.05, 0) is 63.7 Å². The van der Waals surface area contributed by atoms with Gasteiger partial charge in [-0.25, -0.2) is 0 Å². The van der Waals surface area contributed by atoms with E-state index in [-0.39, 0.29) is 5.41 Å². The Morgan fingerprint density at radius 1 is 0.465 bits per heavy atom. The van der Waals surface area contributed by atoms with E-state index in [9.17, 15) is 0 Å². The second kappa shape index (κ2) is 10.1. The fourth-order valence-electron chi connectivity index (χ4n) is 6.53. The standard InChI is InChI=1S/C41H31NS/c1-41(2,30-13-5-3-6-14-30)31-15-11-18-33(26-31)42(32-16-7-4-8-17-32)34-23-25-36-37-24-22-29-21-20-28-12-9-10-19-35(28)39(29)40(37)43-38(36)27-34/h3-27H,1-2H3. The lowest BCUT2D eigenvalue weighted by Crippen LogP contribution is -2.19. The smallest absolute Gasteiger partial charge is 0.0476 e. The molecule has 0 saturated heterocycles. The molecule has 43 heavy (non-hydrogen) atoms. The first kappa shape index (κ1) is 25.8. The highest BCUT2D eigenvalue weighted by molar-refractivity contribution is 7.26. The van der Waals surface area contributed by atoms with Crippen molar-refractivity contribution in [1.82, 2.24) is 0 Å². The highest BCUT2D eigenvalue weighted by Crippen LogP contribution is 2.44. The van der Waals surface area contributed by atoms with Crippen LogP contribution in [0.1, 0.15) is 25.0 Å². The molecule has 206 valence electrons. The molecule has 0 atom stereocenters. The average Bonchev–Trinajstić information content (AvgIpc) is 3.44. The van der Waals surface area contributed by atoms with Crippen LogP contribution in [0.5, 0.6) is 0 Å². The van der Waals surface area contributed by atoms with E-state index in [4.69, 9.17) is 0 Å². The van der Waals surface area contributed by atoms with E-state index in [1.54, 1.807) is 0 Å². The van der Waals surface area contributed by atoms with E-state index in [1.807, 2.05) is 11.3 Å². The Hall–Kier alpha value is -4.92. The van der Waals surface area contributed by atoms with Gasteiger partial charge in [0.1, 0.15) is 0 Å². The summed E-state index contributed by atoms with van der Waals surface area (Å²) in [4.78, 5) is 2.39. The normalized spacial score (nSPS) is 12.0. The number of nitrogens with zero attached hydrogens (tertiary/aromatic N) is 1. The van der Waals surface area contributed by atoms with Crippen molar-refractivity contribution >= 4 is 70.1 Å². The molecule has 8 rings (SSSR count).